The zero-order valence-electron chi connectivity index (χ0n) is 9.90. The fraction of sp³-hybridized carbons (Fsp3) is 0.727. The third-order valence-corrected chi connectivity index (χ3v) is 3.34. The molecule has 86 valence electrons. The van der Waals surface area contributed by atoms with Gasteiger partial charge in [-0.05, 0) is 27.7 Å². The number of thiazole rings is 1. The van der Waals surface area contributed by atoms with Gasteiger partial charge in [0.15, 0.2) is 0 Å². The van der Waals surface area contributed by atoms with Crippen LogP contribution in [0.25, 0.3) is 0 Å². The van der Waals surface area contributed by atoms with Gasteiger partial charge >= 0.3 is 0 Å². The van der Waals surface area contributed by atoms with Crippen molar-refractivity contribution >= 4 is 11.3 Å². The zero-order valence-corrected chi connectivity index (χ0v) is 10.7. The molecule has 0 fully saturated rings. The molecule has 15 heavy (non-hydrogen) atoms. The minimum atomic E-state index is -0.277. The molecule has 0 aromatic carbocycles. The first kappa shape index (κ1) is 12.6. The number of aryl methyl sites for hydroxylation is 1. The molecule has 0 aliphatic rings. The van der Waals surface area contributed by atoms with Crippen LogP contribution in [0.4, 0.5) is 0 Å². The molecule has 1 rings (SSSR count). The van der Waals surface area contributed by atoms with Crippen LogP contribution in [0.2, 0.25) is 0 Å². The van der Waals surface area contributed by atoms with Gasteiger partial charge in [-0.2, -0.15) is 0 Å². The molecule has 0 spiro atoms. The third kappa shape index (κ3) is 3.89. The van der Waals surface area contributed by atoms with Crippen LogP contribution in [-0.2, 0) is 6.54 Å². The second-order valence-electron chi connectivity index (χ2n) is 4.23. The summed E-state index contributed by atoms with van der Waals surface area (Å²) in [7, 11) is 0. The van der Waals surface area contributed by atoms with Crippen molar-refractivity contribution in [1.29, 1.82) is 0 Å². The van der Waals surface area contributed by atoms with Gasteiger partial charge in [-0.3, -0.25) is 4.90 Å². The van der Waals surface area contributed by atoms with Crippen molar-refractivity contribution < 1.29 is 5.11 Å². The minimum Gasteiger partial charge on any atom is -0.392 e. The van der Waals surface area contributed by atoms with Crippen LogP contribution >= 0.6 is 11.3 Å². The summed E-state index contributed by atoms with van der Waals surface area (Å²) in [4.78, 5) is 7.80. The van der Waals surface area contributed by atoms with Crippen molar-refractivity contribution in [3.8, 4) is 0 Å². The zero-order chi connectivity index (χ0) is 11.4. The quantitative estimate of drug-likeness (QED) is 0.838. The second-order valence-corrected chi connectivity index (χ2v) is 5.17. The van der Waals surface area contributed by atoms with E-state index in [1.165, 1.54) is 4.88 Å². The molecule has 4 heteroatoms. The fourth-order valence-electron chi connectivity index (χ4n) is 1.46. The highest BCUT2D eigenvalue weighted by molar-refractivity contribution is 7.09. The van der Waals surface area contributed by atoms with Crippen LogP contribution < -0.4 is 0 Å². The first-order chi connectivity index (χ1) is 7.00. The summed E-state index contributed by atoms with van der Waals surface area (Å²) in [6.45, 7) is 9.77. The third-order valence-electron chi connectivity index (χ3n) is 2.42. The fourth-order valence-corrected chi connectivity index (χ4v) is 2.26. The summed E-state index contributed by atoms with van der Waals surface area (Å²) in [6, 6.07) is 0.445. The van der Waals surface area contributed by atoms with Gasteiger partial charge in [0.2, 0.25) is 0 Å². The monoisotopic (exact) mass is 228 g/mol. The van der Waals surface area contributed by atoms with Gasteiger partial charge in [0.25, 0.3) is 0 Å². The predicted molar refractivity (Wildman–Crippen MR) is 64.1 cm³/mol. The highest BCUT2D eigenvalue weighted by atomic mass is 32.1. The Balaban J connectivity index is 2.63. The van der Waals surface area contributed by atoms with Gasteiger partial charge in [-0.1, -0.05) is 0 Å². The lowest BCUT2D eigenvalue weighted by molar-refractivity contribution is 0.103. The SMILES string of the molecule is Cc1ncsc1CN(CC(C)O)C(C)C. The highest BCUT2D eigenvalue weighted by Crippen LogP contribution is 2.16. The van der Waals surface area contributed by atoms with Gasteiger partial charge in [0.05, 0.1) is 17.3 Å². The Morgan fingerprint density at radius 1 is 1.47 bits per heavy atom. The van der Waals surface area contributed by atoms with Crippen LogP contribution in [0.15, 0.2) is 5.51 Å². The molecule has 1 heterocycles. The predicted octanol–water partition coefficient (Wildman–Crippen LogP) is 2.04. The van der Waals surface area contributed by atoms with Crippen molar-refractivity contribution in [3.63, 3.8) is 0 Å². The summed E-state index contributed by atoms with van der Waals surface area (Å²) in [5.74, 6) is 0. The summed E-state index contributed by atoms with van der Waals surface area (Å²) < 4.78 is 0. The standard InChI is InChI=1S/C11H20N2OS/c1-8(2)13(5-9(3)14)6-11-10(4)12-7-15-11/h7-9,14H,5-6H2,1-4H3. The number of rotatable bonds is 5. The Labute approximate surface area is 95.8 Å². The van der Waals surface area contributed by atoms with E-state index in [9.17, 15) is 5.11 Å². The average Bonchev–Trinajstić information content (AvgIpc) is 2.50. The molecule has 0 aliphatic heterocycles. The summed E-state index contributed by atoms with van der Waals surface area (Å²) in [6.07, 6.45) is -0.277. The number of aliphatic hydroxyl groups is 1. The number of aliphatic hydroxyl groups excluding tert-OH is 1. The lowest BCUT2D eigenvalue weighted by atomic mass is 10.2. The number of nitrogens with zero attached hydrogens (tertiary/aromatic N) is 2. The van der Waals surface area contributed by atoms with Crippen LogP contribution in [0.1, 0.15) is 31.3 Å². The van der Waals surface area contributed by atoms with E-state index in [0.29, 0.717) is 6.04 Å². The molecule has 3 nitrogen and oxygen atoms in total. The summed E-state index contributed by atoms with van der Waals surface area (Å²) in [5, 5.41) is 9.42. The Morgan fingerprint density at radius 3 is 2.53 bits per heavy atom. The molecular weight excluding hydrogens is 208 g/mol. The van der Waals surface area contributed by atoms with Gasteiger partial charge in [-0.25, -0.2) is 4.98 Å². The molecule has 0 bridgehead atoms. The molecule has 1 aromatic rings. The molecule has 0 saturated heterocycles. The van der Waals surface area contributed by atoms with E-state index < -0.39 is 0 Å². The number of aromatic nitrogens is 1. The first-order valence-electron chi connectivity index (χ1n) is 5.31. The Morgan fingerprint density at radius 2 is 2.13 bits per heavy atom. The van der Waals surface area contributed by atoms with E-state index in [1.54, 1.807) is 11.3 Å². The first-order valence-corrected chi connectivity index (χ1v) is 6.19. The number of hydrogen-bond acceptors (Lipinski definition) is 4. The maximum atomic E-state index is 9.42. The summed E-state index contributed by atoms with van der Waals surface area (Å²) >= 11 is 1.69. The molecule has 1 atom stereocenters. The Hall–Kier alpha value is -0.450. The van der Waals surface area contributed by atoms with Crippen molar-refractivity contribution in [2.75, 3.05) is 6.54 Å². The molecule has 0 aliphatic carbocycles. The van der Waals surface area contributed by atoms with Gasteiger partial charge < -0.3 is 5.11 Å². The smallest absolute Gasteiger partial charge is 0.0798 e. The molecule has 0 saturated carbocycles. The van der Waals surface area contributed by atoms with Crippen molar-refractivity contribution in [2.24, 2.45) is 0 Å². The molecule has 1 unspecified atom stereocenters. The lowest BCUT2D eigenvalue weighted by Gasteiger charge is -2.27. The molecule has 0 radical (unpaired) electrons. The summed E-state index contributed by atoms with van der Waals surface area (Å²) in [5.41, 5.74) is 2.99. The topological polar surface area (TPSA) is 36.4 Å². The molecule has 1 N–H and O–H groups in total. The van der Waals surface area contributed by atoms with Crippen molar-refractivity contribution in [3.05, 3.63) is 16.1 Å². The maximum absolute atomic E-state index is 9.42. The van der Waals surface area contributed by atoms with E-state index in [1.807, 2.05) is 19.4 Å². The van der Waals surface area contributed by atoms with Gasteiger partial charge in [-0.15, -0.1) is 11.3 Å². The maximum Gasteiger partial charge on any atom is 0.0798 e. The normalized spacial score (nSPS) is 13.8. The van der Waals surface area contributed by atoms with E-state index in [-0.39, 0.29) is 6.10 Å². The van der Waals surface area contributed by atoms with E-state index in [2.05, 4.69) is 23.7 Å². The lowest BCUT2D eigenvalue weighted by Crippen LogP contribution is -2.35. The Bertz CT molecular complexity index is 297. The van der Waals surface area contributed by atoms with E-state index in [4.69, 9.17) is 0 Å². The van der Waals surface area contributed by atoms with Crippen LogP contribution in [0.5, 0.6) is 0 Å². The van der Waals surface area contributed by atoms with Crippen LogP contribution in [0.3, 0.4) is 0 Å². The van der Waals surface area contributed by atoms with Crippen molar-refractivity contribution in [1.82, 2.24) is 9.88 Å². The average molecular weight is 228 g/mol. The van der Waals surface area contributed by atoms with Crippen LogP contribution in [0, 0.1) is 6.92 Å². The molecule has 0 amide bonds. The minimum absolute atomic E-state index is 0.277. The highest BCUT2D eigenvalue weighted by Gasteiger charge is 2.14. The Kier molecular flexibility index (Phi) is 4.70. The number of hydrogen-bond donors (Lipinski definition) is 1. The molecule has 1 aromatic heterocycles. The van der Waals surface area contributed by atoms with Crippen LogP contribution in [-0.4, -0.2) is 33.7 Å². The van der Waals surface area contributed by atoms with E-state index >= 15 is 0 Å². The van der Waals surface area contributed by atoms with Gasteiger partial charge in [0.1, 0.15) is 0 Å². The van der Waals surface area contributed by atoms with Gasteiger partial charge in [0, 0.05) is 24.0 Å². The second kappa shape index (κ2) is 5.58. The molecular formula is C11H20N2OS. The van der Waals surface area contributed by atoms with Crippen molar-refractivity contribution in [2.45, 2.75) is 46.4 Å². The largest absolute Gasteiger partial charge is 0.392 e. The van der Waals surface area contributed by atoms with E-state index in [0.717, 1.165) is 18.8 Å².